The molecule has 0 aromatic rings. The van der Waals surface area contributed by atoms with Gasteiger partial charge in [0.1, 0.15) is 0 Å². The number of nitrogens with zero attached hydrogens (tertiary/aromatic N) is 2. The fraction of sp³-hybridized carbons (Fsp3) is 0.974. The van der Waals surface area contributed by atoms with Crippen LogP contribution in [-0.2, 0) is 9.59 Å². The molecule has 0 aliphatic carbocycles. The third-order valence-electron chi connectivity index (χ3n) is 18.5. The second-order valence-corrected chi connectivity index (χ2v) is 27.1. The Labute approximate surface area is 565 Å². The summed E-state index contributed by atoms with van der Waals surface area (Å²) in [5.74, 6) is -1.79. The average Bonchev–Trinajstić information content (AvgIpc) is 3.49. The smallest absolute Gasteiger partial charge is 0.550 e. The molecule has 0 fully saturated rings. The molecule has 0 unspecified atom stereocenters. The van der Waals surface area contributed by atoms with Crippen LogP contribution >= 0.6 is 0 Å². The summed E-state index contributed by atoms with van der Waals surface area (Å²) in [4.78, 5) is 26.8. The summed E-state index contributed by atoms with van der Waals surface area (Å²) in [6.07, 6.45) is 88.7. The Morgan fingerprint density at radius 3 is 0.412 bits per heavy atom. The number of carboxylic acid groups (broad SMARTS) is 2. The van der Waals surface area contributed by atoms with Crippen molar-refractivity contribution in [2.24, 2.45) is 0 Å². The largest absolute Gasteiger partial charge is 2.00 e. The fourth-order valence-electron chi connectivity index (χ4n) is 12.7. The first-order valence-electron chi connectivity index (χ1n) is 39.2. The number of carbonyl (C=O) groups excluding carboxylic acids is 2. The first-order valence-corrected chi connectivity index (χ1v) is 39.2. The van der Waals surface area contributed by atoms with Crippen LogP contribution < -0.4 is 10.2 Å². The van der Waals surface area contributed by atoms with Crippen LogP contribution in [0.5, 0.6) is 0 Å². The van der Waals surface area contributed by atoms with Crippen molar-refractivity contribution in [2.75, 3.05) is 39.3 Å². The van der Waals surface area contributed by atoms with E-state index in [0.29, 0.717) is 0 Å². The number of carbonyl (C=O) groups is 2. The molecule has 0 aliphatic heterocycles. The SMILES string of the molecule is CCCCCCCCCCCCCCCCCN(CCCCCCCCCCCCCCCCC)CCCCC(=O)[O-].CCCCCCCCCCCCCCCCCN(CCCCCCCCCCCCCCCCC)CCCCC(=O)[O-].[Ca+2]. The van der Waals surface area contributed by atoms with Crippen molar-refractivity contribution >= 4 is 49.7 Å². The molecule has 0 saturated carbocycles. The number of rotatable bonds is 74. The van der Waals surface area contributed by atoms with E-state index in [9.17, 15) is 19.8 Å². The molecule has 0 aromatic carbocycles. The van der Waals surface area contributed by atoms with Crippen LogP contribution in [0, 0.1) is 0 Å². The van der Waals surface area contributed by atoms with E-state index in [0.717, 1.165) is 38.8 Å². The molecule has 0 saturated heterocycles. The molecular weight excluding hydrogens is 1070 g/mol. The van der Waals surface area contributed by atoms with Crippen LogP contribution in [0.15, 0.2) is 0 Å². The second-order valence-electron chi connectivity index (χ2n) is 27.1. The monoisotopic (exact) mass is 1230 g/mol. The van der Waals surface area contributed by atoms with Gasteiger partial charge in [-0.2, -0.15) is 0 Å². The molecule has 7 heteroatoms. The van der Waals surface area contributed by atoms with Gasteiger partial charge in [0.05, 0.1) is 0 Å². The number of hydrogen-bond acceptors (Lipinski definition) is 6. The molecule has 0 atom stereocenters. The molecule has 0 radical (unpaired) electrons. The Kier molecular flexibility index (Phi) is 86.3. The molecule has 85 heavy (non-hydrogen) atoms. The minimum atomic E-state index is -0.897. The maximum absolute atomic E-state index is 10.8. The van der Waals surface area contributed by atoms with E-state index in [4.69, 9.17) is 0 Å². The van der Waals surface area contributed by atoms with Crippen LogP contribution in [0.1, 0.15) is 451 Å². The summed E-state index contributed by atoms with van der Waals surface area (Å²) in [5, 5.41) is 21.6. The molecule has 0 rings (SSSR count). The van der Waals surface area contributed by atoms with Crippen LogP contribution in [-0.4, -0.2) is 98.7 Å². The van der Waals surface area contributed by atoms with Gasteiger partial charge in [0.15, 0.2) is 0 Å². The number of unbranched alkanes of at least 4 members (excludes halogenated alkanes) is 58. The maximum atomic E-state index is 10.8. The number of hydrogen-bond donors (Lipinski definition) is 0. The minimum Gasteiger partial charge on any atom is -0.550 e. The van der Waals surface area contributed by atoms with Gasteiger partial charge in [0.2, 0.25) is 0 Å². The van der Waals surface area contributed by atoms with Gasteiger partial charge in [-0.25, -0.2) is 0 Å². The van der Waals surface area contributed by atoms with Crippen molar-refractivity contribution in [3.05, 3.63) is 0 Å². The average molecular weight is 1230 g/mol. The predicted molar refractivity (Wildman–Crippen MR) is 376 cm³/mol. The zero-order chi connectivity index (χ0) is 61.2. The van der Waals surface area contributed by atoms with Crippen molar-refractivity contribution in [1.29, 1.82) is 0 Å². The topological polar surface area (TPSA) is 86.7 Å². The Morgan fingerprint density at radius 2 is 0.294 bits per heavy atom. The van der Waals surface area contributed by atoms with Gasteiger partial charge in [-0.1, -0.05) is 387 Å². The van der Waals surface area contributed by atoms with Gasteiger partial charge in [-0.05, 0) is 103 Å². The van der Waals surface area contributed by atoms with Crippen molar-refractivity contribution in [3.63, 3.8) is 0 Å². The predicted octanol–water partition coefficient (Wildman–Crippen LogP) is 23.5. The summed E-state index contributed by atoms with van der Waals surface area (Å²) >= 11 is 0. The standard InChI is InChI=1S/2C39H79NO2.Ca/c2*1-3-5-7-9-11-13-15-17-19-21-23-25-27-29-32-36-40(38-34-31-35-39(41)42)37-33-30-28-26-24-22-20-18-16-14-12-10-8-6-4-2;/h2*3-38H2,1-2H3,(H,41,42);/q;;+2/p-2. The molecule has 504 valence electrons. The van der Waals surface area contributed by atoms with E-state index in [1.54, 1.807) is 0 Å². The summed E-state index contributed by atoms with van der Waals surface area (Å²) in [5.41, 5.74) is 0. The first-order chi connectivity index (χ1) is 41.4. The molecule has 6 nitrogen and oxygen atoms in total. The molecular formula is C78H156CaN2O4. The first kappa shape index (κ1) is 89.3. The molecule has 0 amide bonds. The van der Waals surface area contributed by atoms with Gasteiger partial charge >= 0.3 is 37.7 Å². The third-order valence-corrected chi connectivity index (χ3v) is 18.5. The molecule has 0 spiro atoms. The van der Waals surface area contributed by atoms with E-state index in [2.05, 4.69) is 37.5 Å². The quantitative estimate of drug-likeness (QED) is 0.0445. The van der Waals surface area contributed by atoms with Gasteiger partial charge in [-0.15, -0.1) is 0 Å². The molecule has 0 heterocycles. The van der Waals surface area contributed by atoms with Crippen molar-refractivity contribution in [1.82, 2.24) is 9.80 Å². The Bertz CT molecular complexity index is 1050. The summed E-state index contributed by atoms with van der Waals surface area (Å²) in [6.45, 7) is 16.1. The summed E-state index contributed by atoms with van der Waals surface area (Å²) in [6, 6.07) is 0. The normalized spacial score (nSPS) is 11.5. The van der Waals surface area contributed by atoms with Crippen LogP contribution in [0.25, 0.3) is 0 Å². The van der Waals surface area contributed by atoms with E-state index < -0.39 is 11.9 Å². The van der Waals surface area contributed by atoms with Crippen LogP contribution in [0.2, 0.25) is 0 Å². The molecule has 0 aliphatic rings. The van der Waals surface area contributed by atoms with Gasteiger partial charge in [0, 0.05) is 11.9 Å². The Morgan fingerprint density at radius 1 is 0.188 bits per heavy atom. The molecule has 0 bridgehead atoms. The van der Waals surface area contributed by atoms with Gasteiger partial charge in [0.25, 0.3) is 0 Å². The van der Waals surface area contributed by atoms with E-state index in [-0.39, 0.29) is 50.6 Å². The van der Waals surface area contributed by atoms with Crippen LogP contribution in [0.3, 0.4) is 0 Å². The Balaban J connectivity index is -0.00000156. The summed E-state index contributed by atoms with van der Waals surface area (Å²) in [7, 11) is 0. The van der Waals surface area contributed by atoms with Gasteiger partial charge < -0.3 is 29.6 Å². The maximum Gasteiger partial charge on any atom is 2.00 e. The van der Waals surface area contributed by atoms with Gasteiger partial charge in [-0.3, -0.25) is 0 Å². The fourth-order valence-corrected chi connectivity index (χ4v) is 12.7. The second kappa shape index (κ2) is 82.1. The van der Waals surface area contributed by atoms with Crippen molar-refractivity contribution < 1.29 is 19.8 Å². The number of carboxylic acids is 2. The molecule has 0 N–H and O–H groups in total. The van der Waals surface area contributed by atoms with E-state index >= 15 is 0 Å². The van der Waals surface area contributed by atoms with Crippen molar-refractivity contribution in [3.8, 4) is 0 Å². The zero-order valence-corrected chi connectivity index (χ0v) is 61.4. The molecule has 0 aromatic heterocycles. The Hall–Kier alpha value is 0.120. The number of aliphatic carboxylic acids is 2. The zero-order valence-electron chi connectivity index (χ0n) is 59.1. The third kappa shape index (κ3) is 84.1. The summed E-state index contributed by atoms with van der Waals surface area (Å²) < 4.78 is 0. The minimum absolute atomic E-state index is 0. The van der Waals surface area contributed by atoms with E-state index in [1.165, 1.54) is 411 Å². The van der Waals surface area contributed by atoms with Crippen LogP contribution in [0.4, 0.5) is 0 Å². The van der Waals surface area contributed by atoms with Crippen molar-refractivity contribution in [2.45, 2.75) is 451 Å². The van der Waals surface area contributed by atoms with E-state index in [1.807, 2.05) is 0 Å².